The lowest BCUT2D eigenvalue weighted by Gasteiger charge is -2.11. The SMILES string of the molecule is Cc1ccc(CNC2CC2)cc1Oc1ccc(Br)cc1. The summed E-state index contributed by atoms with van der Waals surface area (Å²) in [6.45, 7) is 2.99. The molecule has 3 heteroatoms. The van der Waals surface area contributed by atoms with Crippen molar-refractivity contribution in [1.29, 1.82) is 0 Å². The molecular weight excluding hydrogens is 314 g/mol. The van der Waals surface area contributed by atoms with E-state index in [0.29, 0.717) is 0 Å². The second-order valence-electron chi connectivity index (χ2n) is 5.31. The Balaban J connectivity index is 1.73. The Kier molecular flexibility index (Phi) is 4.08. The molecule has 0 saturated heterocycles. The first-order valence-corrected chi connectivity index (χ1v) is 7.76. The Labute approximate surface area is 128 Å². The number of rotatable bonds is 5. The van der Waals surface area contributed by atoms with Crippen molar-refractivity contribution in [2.45, 2.75) is 32.4 Å². The Morgan fingerprint density at radius 1 is 1.15 bits per heavy atom. The van der Waals surface area contributed by atoms with Crippen LogP contribution in [-0.4, -0.2) is 6.04 Å². The van der Waals surface area contributed by atoms with Gasteiger partial charge in [0.25, 0.3) is 0 Å². The van der Waals surface area contributed by atoms with E-state index in [1.54, 1.807) is 0 Å². The molecule has 20 heavy (non-hydrogen) atoms. The van der Waals surface area contributed by atoms with E-state index in [4.69, 9.17) is 4.74 Å². The van der Waals surface area contributed by atoms with Crippen molar-refractivity contribution in [3.8, 4) is 11.5 Å². The minimum atomic E-state index is 0.729. The van der Waals surface area contributed by atoms with Crippen LogP contribution < -0.4 is 10.1 Å². The molecule has 1 aliphatic carbocycles. The van der Waals surface area contributed by atoms with E-state index >= 15 is 0 Å². The minimum Gasteiger partial charge on any atom is -0.457 e. The van der Waals surface area contributed by atoms with Crippen molar-refractivity contribution in [2.24, 2.45) is 0 Å². The van der Waals surface area contributed by atoms with Gasteiger partial charge in [0, 0.05) is 17.1 Å². The highest BCUT2D eigenvalue weighted by Crippen LogP contribution is 2.27. The number of benzene rings is 2. The average molecular weight is 332 g/mol. The summed E-state index contributed by atoms with van der Waals surface area (Å²) in [5, 5.41) is 3.53. The van der Waals surface area contributed by atoms with Crippen molar-refractivity contribution >= 4 is 15.9 Å². The van der Waals surface area contributed by atoms with Crippen LogP contribution in [0.15, 0.2) is 46.9 Å². The largest absolute Gasteiger partial charge is 0.457 e. The molecule has 0 bridgehead atoms. The molecule has 1 aliphatic rings. The molecule has 2 aromatic rings. The molecule has 0 radical (unpaired) electrons. The summed E-state index contributed by atoms with van der Waals surface area (Å²) in [4.78, 5) is 0. The summed E-state index contributed by atoms with van der Waals surface area (Å²) >= 11 is 3.43. The summed E-state index contributed by atoms with van der Waals surface area (Å²) in [5.74, 6) is 1.80. The predicted molar refractivity (Wildman–Crippen MR) is 85.3 cm³/mol. The van der Waals surface area contributed by atoms with Gasteiger partial charge >= 0.3 is 0 Å². The molecule has 1 N–H and O–H groups in total. The highest BCUT2D eigenvalue weighted by atomic mass is 79.9. The molecule has 0 spiro atoms. The second-order valence-corrected chi connectivity index (χ2v) is 6.23. The first-order chi connectivity index (χ1) is 9.70. The molecule has 2 nitrogen and oxygen atoms in total. The van der Waals surface area contributed by atoms with Crippen LogP contribution in [0.2, 0.25) is 0 Å². The molecule has 0 aliphatic heterocycles. The third-order valence-electron chi connectivity index (χ3n) is 3.47. The molecule has 104 valence electrons. The third kappa shape index (κ3) is 3.62. The van der Waals surface area contributed by atoms with E-state index < -0.39 is 0 Å². The van der Waals surface area contributed by atoms with Gasteiger partial charge in [-0.2, -0.15) is 0 Å². The number of nitrogens with one attached hydrogen (secondary N) is 1. The van der Waals surface area contributed by atoms with Gasteiger partial charge in [0.1, 0.15) is 11.5 Å². The van der Waals surface area contributed by atoms with Gasteiger partial charge in [-0.1, -0.05) is 28.1 Å². The van der Waals surface area contributed by atoms with Crippen LogP contribution in [0.4, 0.5) is 0 Å². The number of ether oxygens (including phenoxy) is 1. The van der Waals surface area contributed by atoms with E-state index in [1.165, 1.54) is 18.4 Å². The minimum absolute atomic E-state index is 0.729. The average Bonchev–Trinajstić information content (AvgIpc) is 3.26. The zero-order valence-corrected chi connectivity index (χ0v) is 13.1. The summed E-state index contributed by atoms with van der Waals surface area (Å²) in [5.41, 5.74) is 2.43. The van der Waals surface area contributed by atoms with Crippen LogP contribution in [0.25, 0.3) is 0 Å². The van der Waals surface area contributed by atoms with Gasteiger partial charge < -0.3 is 10.1 Å². The number of aryl methyl sites for hydroxylation is 1. The zero-order valence-electron chi connectivity index (χ0n) is 11.5. The van der Waals surface area contributed by atoms with Crippen LogP contribution in [0.1, 0.15) is 24.0 Å². The monoisotopic (exact) mass is 331 g/mol. The molecule has 0 amide bonds. The normalized spacial score (nSPS) is 14.3. The third-order valence-corrected chi connectivity index (χ3v) is 3.99. The highest BCUT2D eigenvalue weighted by Gasteiger charge is 2.20. The molecular formula is C17H18BrNO. The van der Waals surface area contributed by atoms with Crippen molar-refractivity contribution in [2.75, 3.05) is 0 Å². The molecule has 1 fully saturated rings. The first-order valence-electron chi connectivity index (χ1n) is 6.97. The van der Waals surface area contributed by atoms with Gasteiger partial charge in [-0.3, -0.25) is 0 Å². The van der Waals surface area contributed by atoms with E-state index in [0.717, 1.165) is 34.1 Å². The Morgan fingerprint density at radius 2 is 1.90 bits per heavy atom. The van der Waals surface area contributed by atoms with Crippen LogP contribution in [0.5, 0.6) is 11.5 Å². The van der Waals surface area contributed by atoms with Crippen LogP contribution >= 0.6 is 15.9 Å². The molecule has 2 aromatic carbocycles. The van der Waals surface area contributed by atoms with Crippen molar-refractivity contribution in [3.05, 3.63) is 58.1 Å². The smallest absolute Gasteiger partial charge is 0.130 e. The summed E-state index contributed by atoms with van der Waals surface area (Å²) in [6.07, 6.45) is 2.63. The van der Waals surface area contributed by atoms with Crippen molar-refractivity contribution in [3.63, 3.8) is 0 Å². The maximum absolute atomic E-state index is 5.98. The summed E-state index contributed by atoms with van der Waals surface area (Å²) < 4.78 is 7.04. The molecule has 0 unspecified atom stereocenters. The van der Waals surface area contributed by atoms with E-state index in [1.807, 2.05) is 24.3 Å². The number of halogens is 1. The van der Waals surface area contributed by atoms with Crippen LogP contribution in [0.3, 0.4) is 0 Å². The summed E-state index contributed by atoms with van der Waals surface area (Å²) in [7, 11) is 0. The van der Waals surface area contributed by atoms with Gasteiger partial charge in [0.05, 0.1) is 0 Å². The van der Waals surface area contributed by atoms with Crippen LogP contribution in [-0.2, 0) is 6.54 Å². The van der Waals surface area contributed by atoms with Crippen molar-refractivity contribution in [1.82, 2.24) is 5.32 Å². The van der Waals surface area contributed by atoms with E-state index in [-0.39, 0.29) is 0 Å². The fourth-order valence-electron chi connectivity index (χ4n) is 2.04. The van der Waals surface area contributed by atoms with Gasteiger partial charge in [-0.15, -0.1) is 0 Å². The maximum Gasteiger partial charge on any atom is 0.130 e. The first kappa shape index (κ1) is 13.7. The van der Waals surface area contributed by atoms with E-state index in [2.05, 4.69) is 46.4 Å². The fourth-order valence-corrected chi connectivity index (χ4v) is 2.31. The topological polar surface area (TPSA) is 21.3 Å². The Morgan fingerprint density at radius 3 is 2.60 bits per heavy atom. The highest BCUT2D eigenvalue weighted by molar-refractivity contribution is 9.10. The molecule has 0 aromatic heterocycles. The standard InChI is InChI=1S/C17H18BrNO/c1-12-2-3-13(11-19-15-6-7-15)10-17(12)20-16-8-4-14(18)5-9-16/h2-5,8-10,15,19H,6-7,11H2,1H3. The Bertz CT molecular complexity index is 590. The van der Waals surface area contributed by atoms with Crippen LogP contribution in [0, 0.1) is 6.92 Å². The van der Waals surface area contributed by atoms with Gasteiger partial charge in [0.15, 0.2) is 0 Å². The molecule has 0 atom stereocenters. The summed E-state index contributed by atoms with van der Waals surface area (Å²) in [6, 6.07) is 15.1. The second kappa shape index (κ2) is 5.98. The lowest BCUT2D eigenvalue weighted by Crippen LogP contribution is -2.15. The zero-order chi connectivity index (χ0) is 13.9. The van der Waals surface area contributed by atoms with Gasteiger partial charge in [-0.05, 0) is 61.2 Å². The Hall–Kier alpha value is -1.32. The number of hydrogen-bond acceptors (Lipinski definition) is 2. The fraction of sp³-hybridized carbons (Fsp3) is 0.294. The quantitative estimate of drug-likeness (QED) is 0.849. The van der Waals surface area contributed by atoms with E-state index in [9.17, 15) is 0 Å². The number of hydrogen-bond donors (Lipinski definition) is 1. The van der Waals surface area contributed by atoms with Gasteiger partial charge in [-0.25, -0.2) is 0 Å². The molecule has 3 rings (SSSR count). The lowest BCUT2D eigenvalue weighted by atomic mass is 10.1. The lowest BCUT2D eigenvalue weighted by molar-refractivity contribution is 0.477. The molecule has 1 saturated carbocycles. The van der Waals surface area contributed by atoms with Gasteiger partial charge in [0.2, 0.25) is 0 Å². The predicted octanol–water partition coefficient (Wildman–Crippen LogP) is 4.80. The maximum atomic E-state index is 5.98. The molecule has 0 heterocycles. The van der Waals surface area contributed by atoms with Crippen molar-refractivity contribution < 1.29 is 4.74 Å².